The highest BCUT2D eigenvalue weighted by atomic mass is 16.1. The Labute approximate surface area is 187 Å². The van der Waals surface area contributed by atoms with Crippen molar-refractivity contribution in [2.24, 2.45) is 0 Å². The Hall–Kier alpha value is -4.24. The second-order valence-electron chi connectivity index (χ2n) is 7.75. The Morgan fingerprint density at radius 2 is 1.19 bits per heavy atom. The average molecular weight is 415 g/mol. The minimum Gasteiger partial charge on any atom is -0.298 e. The minimum atomic E-state index is -0.594. The minimum absolute atomic E-state index is 0.594. The Kier molecular flexibility index (Phi) is 5.22. The molecule has 0 atom stereocenters. The van der Waals surface area contributed by atoms with Gasteiger partial charge in [0.15, 0.2) is 0 Å². The summed E-state index contributed by atoms with van der Waals surface area (Å²) in [4.78, 5) is 11.4. The first-order chi connectivity index (χ1) is 15.8. The van der Waals surface area contributed by atoms with E-state index in [9.17, 15) is 4.79 Å². The second kappa shape index (κ2) is 8.48. The van der Waals surface area contributed by atoms with Crippen LogP contribution in [0, 0.1) is 0 Å². The normalized spacial score (nSPS) is 11.2. The molecule has 1 heterocycles. The molecule has 5 aromatic rings. The van der Waals surface area contributed by atoms with E-state index in [0.29, 0.717) is 5.56 Å². The quantitative estimate of drug-likeness (QED) is 0.263. The van der Waals surface area contributed by atoms with Crippen molar-refractivity contribution in [1.82, 2.24) is 10.2 Å². The third-order valence-corrected chi connectivity index (χ3v) is 5.98. The van der Waals surface area contributed by atoms with Gasteiger partial charge in [0, 0.05) is 16.7 Å². The van der Waals surface area contributed by atoms with Gasteiger partial charge in [-0.15, -0.1) is 0 Å². The fraction of sp³-hybridized carbons (Fsp3) is 0.0345. The monoisotopic (exact) mass is 414 g/mol. The number of rotatable bonds is 6. The molecule has 4 aromatic carbocycles. The maximum Gasteiger partial charge on any atom is 0.150 e. The Morgan fingerprint density at radius 1 is 0.656 bits per heavy atom. The van der Waals surface area contributed by atoms with Gasteiger partial charge in [-0.2, -0.15) is 5.10 Å². The van der Waals surface area contributed by atoms with Crippen molar-refractivity contribution in [2.75, 3.05) is 0 Å². The SMILES string of the molecule is O=Cc1cccc(-c2[nH]ncc2C(c2ccccc2)(c2ccccc2)c2ccccc2)c1. The standard InChI is InChI=1S/C29H22N2O/c32-21-22-11-10-12-23(19-22)28-27(20-30-31-28)29(24-13-4-1-5-14-24,25-15-6-2-7-16-25)26-17-8-3-9-18-26/h1-21H,(H,30,31). The number of nitrogens with one attached hydrogen (secondary N) is 1. The van der Waals surface area contributed by atoms with Crippen LogP contribution in [0.25, 0.3) is 11.3 Å². The molecule has 0 spiro atoms. The molecule has 0 bridgehead atoms. The van der Waals surface area contributed by atoms with Crippen molar-refractivity contribution >= 4 is 6.29 Å². The highest BCUT2D eigenvalue weighted by molar-refractivity contribution is 5.80. The first-order valence-corrected chi connectivity index (χ1v) is 10.6. The molecule has 0 saturated carbocycles. The lowest BCUT2D eigenvalue weighted by molar-refractivity contribution is 0.112. The highest BCUT2D eigenvalue weighted by Gasteiger charge is 2.41. The van der Waals surface area contributed by atoms with Crippen molar-refractivity contribution in [2.45, 2.75) is 5.41 Å². The van der Waals surface area contributed by atoms with Gasteiger partial charge in [0.1, 0.15) is 6.29 Å². The van der Waals surface area contributed by atoms with Crippen LogP contribution in [-0.4, -0.2) is 16.5 Å². The third-order valence-electron chi connectivity index (χ3n) is 5.98. The Bertz CT molecular complexity index is 1230. The van der Waals surface area contributed by atoms with E-state index < -0.39 is 5.41 Å². The number of benzene rings is 4. The molecule has 0 aliphatic carbocycles. The largest absolute Gasteiger partial charge is 0.298 e. The van der Waals surface area contributed by atoms with Crippen LogP contribution in [0.15, 0.2) is 121 Å². The molecule has 0 aliphatic rings. The number of aromatic amines is 1. The van der Waals surface area contributed by atoms with Crippen LogP contribution < -0.4 is 0 Å². The molecule has 0 radical (unpaired) electrons. The summed E-state index contributed by atoms with van der Waals surface area (Å²) >= 11 is 0. The topological polar surface area (TPSA) is 45.8 Å². The molecule has 0 saturated heterocycles. The Balaban J connectivity index is 1.89. The number of carbonyl (C=O) groups excluding carboxylic acids is 1. The molecule has 5 rings (SSSR count). The summed E-state index contributed by atoms with van der Waals surface area (Å²) in [5.74, 6) is 0. The molecule has 1 aromatic heterocycles. The van der Waals surface area contributed by atoms with E-state index in [2.05, 4.69) is 83.0 Å². The van der Waals surface area contributed by atoms with Crippen LogP contribution >= 0.6 is 0 Å². The lowest BCUT2D eigenvalue weighted by Crippen LogP contribution is -2.31. The lowest BCUT2D eigenvalue weighted by atomic mass is 9.65. The lowest BCUT2D eigenvalue weighted by Gasteiger charge is -2.36. The fourth-order valence-corrected chi connectivity index (χ4v) is 4.59. The molecule has 0 amide bonds. The zero-order valence-electron chi connectivity index (χ0n) is 17.5. The van der Waals surface area contributed by atoms with E-state index in [-0.39, 0.29) is 0 Å². The van der Waals surface area contributed by atoms with E-state index in [0.717, 1.165) is 39.8 Å². The summed E-state index contributed by atoms with van der Waals surface area (Å²) in [6.45, 7) is 0. The first-order valence-electron chi connectivity index (χ1n) is 10.6. The van der Waals surface area contributed by atoms with Crippen LogP contribution in [0.4, 0.5) is 0 Å². The van der Waals surface area contributed by atoms with Crippen LogP contribution in [0.2, 0.25) is 0 Å². The zero-order valence-corrected chi connectivity index (χ0v) is 17.5. The summed E-state index contributed by atoms with van der Waals surface area (Å²) in [6.07, 6.45) is 2.79. The van der Waals surface area contributed by atoms with Crippen molar-refractivity contribution in [3.05, 3.63) is 149 Å². The second-order valence-corrected chi connectivity index (χ2v) is 7.75. The van der Waals surface area contributed by atoms with Gasteiger partial charge < -0.3 is 0 Å². The molecule has 154 valence electrons. The van der Waals surface area contributed by atoms with Gasteiger partial charge in [0.25, 0.3) is 0 Å². The highest BCUT2D eigenvalue weighted by Crippen LogP contribution is 2.47. The van der Waals surface area contributed by atoms with Gasteiger partial charge in [-0.3, -0.25) is 9.89 Å². The Morgan fingerprint density at radius 3 is 1.69 bits per heavy atom. The van der Waals surface area contributed by atoms with Gasteiger partial charge in [-0.05, 0) is 22.8 Å². The predicted octanol–water partition coefficient (Wildman–Crippen LogP) is 6.27. The molecule has 3 heteroatoms. The number of aromatic nitrogens is 2. The van der Waals surface area contributed by atoms with Gasteiger partial charge >= 0.3 is 0 Å². The molecule has 3 nitrogen and oxygen atoms in total. The number of aldehydes is 1. The maximum atomic E-state index is 11.4. The molecular weight excluding hydrogens is 392 g/mol. The molecule has 0 unspecified atom stereocenters. The predicted molar refractivity (Wildman–Crippen MR) is 128 cm³/mol. The smallest absolute Gasteiger partial charge is 0.150 e. The van der Waals surface area contributed by atoms with E-state index >= 15 is 0 Å². The zero-order chi connectivity index (χ0) is 21.8. The van der Waals surface area contributed by atoms with E-state index in [1.54, 1.807) is 0 Å². The van der Waals surface area contributed by atoms with Gasteiger partial charge in [0.2, 0.25) is 0 Å². The number of hydrogen-bond donors (Lipinski definition) is 1. The van der Waals surface area contributed by atoms with Gasteiger partial charge in [-0.25, -0.2) is 0 Å². The fourth-order valence-electron chi connectivity index (χ4n) is 4.59. The van der Waals surface area contributed by atoms with E-state index in [1.165, 1.54) is 0 Å². The number of H-pyrrole nitrogens is 1. The van der Waals surface area contributed by atoms with Crippen molar-refractivity contribution in [3.8, 4) is 11.3 Å². The first kappa shape index (κ1) is 19.7. The molecule has 32 heavy (non-hydrogen) atoms. The van der Waals surface area contributed by atoms with E-state index in [4.69, 9.17) is 0 Å². The number of carbonyl (C=O) groups is 1. The van der Waals surface area contributed by atoms with Crippen LogP contribution in [0.5, 0.6) is 0 Å². The van der Waals surface area contributed by atoms with Crippen LogP contribution in [0.1, 0.15) is 32.6 Å². The summed E-state index contributed by atoms with van der Waals surface area (Å²) in [6, 6.07) is 39.2. The maximum absolute atomic E-state index is 11.4. The number of nitrogens with zero attached hydrogens (tertiary/aromatic N) is 1. The summed E-state index contributed by atoms with van der Waals surface area (Å²) in [7, 11) is 0. The molecule has 0 aliphatic heterocycles. The van der Waals surface area contributed by atoms with Gasteiger partial charge in [0.05, 0.1) is 17.3 Å². The average Bonchev–Trinajstić information content (AvgIpc) is 3.37. The molecular formula is C29H22N2O. The van der Waals surface area contributed by atoms with Crippen LogP contribution in [-0.2, 0) is 5.41 Å². The molecule has 1 N–H and O–H groups in total. The van der Waals surface area contributed by atoms with Crippen molar-refractivity contribution in [3.63, 3.8) is 0 Å². The summed E-state index contributed by atoms with van der Waals surface area (Å²) in [5.41, 5.74) is 6.32. The summed E-state index contributed by atoms with van der Waals surface area (Å²) in [5, 5.41) is 7.71. The van der Waals surface area contributed by atoms with Gasteiger partial charge in [-0.1, -0.05) is 109 Å². The van der Waals surface area contributed by atoms with Crippen LogP contribution in [0.3, 0.4) is 0 Å². The van der Waals surface area contributed by atoms with Crippen molar-refractivity contribution < 1.29 is 4.79 Å². The third kappa shape index (κ3) is 3.25. The molecule has 0 fully saturated rings. The summed E-state index contributed by atoms with van der Waals surface area (Å²) < 4.78 is 0. The number of hydrogen-bond acceptors (Lipinski definition) is 2. The van der Waals surface area contributed by atoms with Crippen molar-refractivity contribution in [1.29, 1.82) is 0 Å². The van der Waals surface area contributed by atoms with E-state index in [1.807, 2.05) is 48.7 Å².